The average Bonchev–Trinajstić information content (AvgIpc) is 2.83. The number of amides is 1. The van der Waals surface area contributed by atoms with Crippen LogP contribution in [0.1, 0.15) is 16.7 Å². The number of rotatable bonds is 7. The summed E-state index contributed by atoms with van der Waals surface area (Å²) < 4.78 is 10.8. The average molecular weight is 424 g/mol. The van der Waals surface area contributed by atoms with Gasteiger partial charge in [0, 0.05) is 45.8 Å². The fraction of sp³-hybridized carbons (Fsp3) is 0.480. The van der Waals surface area contributed by atoms with Crippen molar-refractivity contribution in [3.8, 4) is 11.5 Å². The van der Waals surface area contributed by atoms with Crippen LogP contribution in [0, 0.1) is 0 Å². The number of carbonyl (C=O) groups is 1. The van der Waals surface area contributed by atoms with Crippen molar-refractivity contribution in [3.63, 3.8) is 0 Å². The summed E-state index contributed by atoms with van der Waals surface area (Å²) in [7, 11) is 3.31. The molecule has 0 aliphatic carbocycles. The first-order valence-corrected chi connectivity index (χ1v) is 11.2. The van der Waals surface area contributed by atoms with E-state index in [9.17, 15) is 4.79 Å². The fourth-order valence-electron chi connectivity index (χ4n) is 4.49. The molecule has 0 radical (unpaired) electrons. The third-order valence-corrected chi connectivity index (χ3v) is 6.45. The van der Waals surface area contributed by atoms with Crippen LogP contribution in [0.2, 0.25) is 0 Å². The minimum atomic E-state index is 0.221. The molecule has 2 aromatic rings. The van der Waals surface area contributed by atoms with E-state index in [0.29, 0.717) is 13.1 Å². The van der Waals surface area contributed by atoms with E-state index in [1.165, 1.54) is 11.1 Å². The van der Waals surface area contributed by atoms with E-state index in [1.807, 2.05) is 17.0 Å². The molecule has 4 rings (SSSR count). The lowest BCUT2D eigenvalue weighted by Crippen LogP contribution is -2.50. The van der Waals surface area contributed by atoms with Crippen molar-refractivity contribution in [1.29, 1.82) is 0 Å². The Balaban J connectivity index is 1.25. The van der Waals surface area contributed by atoms with Crippen molar-refractivity contribution in [1.82, 2.24) is 14.7 Å². The Bertz CT molecular complexity index is 879. The highest BCUT2D eigenvalue weighted by molar-refractivity contribution is 5.78. The first kappa shape index (κ1) is 21.7. The number of carbonyl (C=O) groups excluding carboxylic acids is 1. The summed E-state index contributed by atoms with van der Waals surface area (Å²) in [6.07, 6.45) is 1.94. The van der Waals surface area contributed by atoms with Crippen molar-refractivity contribution in [2.45, 2.75) is 19.4 Å². The number of methoxy groups -OCH3 is 2. The first-order valence-electron chi connectivity index (χ1n) is 11.2. The van der Waals surface area contributed by atoms with E-state index in [0.717, 1.165) is 69.2 Å². The number of piperazine rings is 1. The van der Waals surface area contributed by atoms with Crippen LogP contribution < -0.4 is 9.47 Å². The highest BCUT2D eigenvalue weighted by atomic mass is 16.5. The Morgan fingerprint density at radius 2 is 1.52 bits per heavy atom. The molecule has 6 nitrogen and oxygen atoms in total. The second kappa shape index (κ2) is 10.2. The molecular formula is C25H33N3O3. The topological polar surface area (TPSA) is 45.3 Å². The maximum atomic E-state index is 13.0. The molecule has 0 N–H and O–H groups in total. The zero-order valence-corrected chi connectivity index (χ0v) is 18.7. The molecule has 0 spiro atoms. The van der Waals surface area contributed by atoms with E-state index >= 15 is 0 Å². The number of benzene rings is 2. The molecule has 6 heteroatoms. The van der Waals surface area contributed by atoms with Crippen LogP contribution in [-0.4, -0.2) is 80.6 Å². The van der Waals surface area contributed by atoms with Crippen molar-refractivity contribution >= 4 is 5.91 Å². The molecule has 166 valence electrons. The van der Waals surface area contributed by atoms with Gasteiger partial charge in [-0.15, -0.1) is 0 Å². The van der Waals surface area contributed by atoms with Crippen LogP contribution in [0.25, 0.3) is 0 Å². The van der Waals surface area contributed by atoms with Gasteiger partial charge in [0.05, 0.1) is 20.8 Å². The quantitative estimate of drug-likeness (QED) is 0.685. The summed E-state index contributed by atoms with van der Waals surface area (Å²) in [6.45, 7) is 6.96. The van der Waals surface area contributed by atoms with Crippen LogP contribution in [0.3, 0.4) is 0 Å². The molecule has 1 amide bonds. The van der Waals surface area contributed by atoms with Gasteiger partial charge in [-0.05, 0) is 41.7 Å². The predicted octanol–water partition coefficient (Wildman–Crippen LogP) is 2.45. The largest absolute Gasteiger partial charge is 0.493 e. The molecule has 0 bridgehead atoms. The number of hydrogen-bond donors (Lipinski definition) is 0. The van der Waals surface area contributed by atoms with E-state index in [-0.39, 0.29) is 5.91 Å². The Kier molecular flexibility index (Phi) is 7.10. The van der Waals surface area contributed by atoms with Gasteiger partial charge >= 0.3 is 0 Å². The smallest absolute Gasteiger partial charge is 0.237 e. The molecule has 2 heterocycles. The normalized spacial score (nSPS) is 17.3. The van der Waals surface area contributed by atoms with Gasteiger partial charge in [-0.2, -0.15) is 0 Å². The highest BCUT2D eigenvalue weighted by Crippen LogP contribution is 2.33. The molecule has 2 aliphatic heterocycles. The van der Waals surface area contributed by atoms with Crippen molar-refractivity contribution in [3.05, 3.63) is 59.2 Å². The maximum Gasteiger partial charge on any atom is 0.237 e. The summed E-state index contributed by atoms with van der Waals surface area (Å²) in [5, 5.41) is 0. The Hall–Kier alpha value is -2.57. The molecule has 2 aliphatic rings. The van der Waals surface area contributed by atoms with E-state index in [1.54, 1.807) is 14.2 Å². The van der Waals surface area contributed by atoms with E-state index in [4.69, 9.17) is 9.47 Å². The third-order valence-electron chi connectivity index (χ3n) is 6.45. The molecular weight excluding hydrogens is 390 g/mol. The summed E-state index contributed by atoms with van der Waals surface area (Å²) in [5.74, 6) is 1.70. The maximum absolute atomic E-state index is 13.0. The number of hydrogen-bond acceptors (Lipinski definition) is 5. The van der Waals surface area contributed by atoms with E-state index in [2.05, 4.69) is 40.1 Å². The number of ether oxygens (including phenoxy) is 2. The second-order valence-electron chi connectivity index (χ2n) is 8.39. The van der Waals surface area contributed by atoms with Crippen molar-refractivity contribution < 1.29 is 14.3 Å². The van der Waals surface area contributed by atoms with Crippen LogP contribution >= 0.6 is 0 Å². The Morgan fingerprint density at radius 3 is 2.19 bits per heavy atom. The van der Waals surface area contributed by atoms with Crippen LogP contribution in [0.4, 0.5) is 0 Å². The lowest BCUT2D eigenvalue weighted by atomic mass is 9.98. The molecule has 1 saturated heterocycles. The fourth-order valence-corrected chi connectivity index (χ4v) is 4.49. The molecule has 2 aromatic carbocycles. The summed E-state index contributed by atoms with van der Waals surface area (Å²) in [4.78, 5) is 19.7. The molecule has 0 aromatic heterocycles. The van der Waals surface area contributed by atoms with Gasteiger partial charge in [-0.25, -0.2) is 0 Å². The van der Waals surface area contributed by atoms with Gasteiger partial charge in [-0.3, -0.25) is 9.69 Å². The standard InChI is InChI=1S/C25H33N3O3/c1-30-23-16-21-9-11-28(18-22(21)17-24(23)31-2)25(29)19-27-14-12-26(13-15-27)10-8-20-6-4-3-5-7-20/h3-7,16-17H,8-15,18-19H2,1-2H3. The van der Waals surface area contributed by atoms with Gasteiger partial charge < -0.3 is 19.3 Å². The number of nitrogens with zero attached hydrogens (tertiary/aromatic N) is 3. The van der Waals surface area contributed by atoms with Crippen LogP contribution in [0.5, 0.6) is 11.5 Å². The van der Waals surface area contributed by atoms with E-state index < -0.39 is 0 Å². The number of fused-ring (bicyclic) bond motifs is 1. The van der Waals surface area contributed by atoms with Gasteiger partial charge in [-0.1, -0.05) is 30.3 Å². The zero-order valence-electron chi connectivity index (χ0n) is 18.7. The Morgan fingerprint density at radius 1 is 0.871 bits per heavy atom. The monoisotopic (exact) mass is 423 g/mol. The lowest BCUT2D eigenvalue weighted by Gasteiger charge is -2.36. The first-order chi connectivity index (χ1) is 15.2. The summed E-state index contributed by atoms with van der Waals surface area (Å²) >= 11 is 0. The van der Waals surface area contributed by atoms with Crippen LogP contribution in [-0.2, 0) is 24.2 Å². The lowest BCUT2D eigenvalue weighted by molar-refractivity contribution is -0.133. The minimum Gasteiger partial charge on any atom is -0.493 e. The Labute approximate surface area is 185 Å². The molecule has 0 atom stereocenters. The summed E-state index contributed by atoms with van der Waals surface area (Å²) in [6, 6.07) is 14.7. The molecule has 0 saturated carbocycles. The van der Waals surface area contributed by atoms with Gasteiger partial charge in [0.15, 0.2) is 11.5 Å². The van der Waals surface area contributed by atoms with Crippen molar-refractivity contribution in [2.24, 2.45) is 0 Å². The van der Waals surface area contributed by atoms with Gasteiger partial charge in [0.2, 0.25) is 5.91 Å². The zero-order chi connectivity index (χ0) is 21.6. The molecule has 31 heavy (non-hydrogen) atoms. The highest BCUT2D eigenvalue weighted by Gasteiger charge is 2.25. The minimum absolute atomic E-state index is 0.221. The van der Waals surface area contributed by atoms with Crippen LogP contribution in [0.15, 0.2) is 42.5 Å². The second-order valence-corrected chi connectivity index (χ2v) is 8.39. The SMILES string of the molecule is COc1cc2c(cc1OC)CN(C(=O)CN1CCN(CCc3ccccc3)CC1)CC2. The summed E-state index contributed by atoms with van der Waals surface area (Å²) in [5.41, 5.74) is 3.79. The van der Waals surface area contributed by atoms with Gasteiger partial charge in [0.1, 0.15) is 0 Å². The predicted molar refractivity (Wildman–Crippen MR) is 122 cm³/mol. The molecule has 0 unspecified atom stereocenters. The van der Waals surface area contributed by atoms with Gasteiger partial charge in [0.25, 0.3) is 0 Å². The van der Waals surface area contributed by atoms with Crippen molar-refractivity contribution in [2.75, 3.05) is 60.0 Å². The molecule has 1 fully saturated rings. The third kappa shape index (κ3) is 5.38.